The molecule has 2 aromatic rings. The van der Waals surface area contributed by atoms with Crippen LogP contribution in [-0.2, 0) is 13.2 Å². The summed E-state index contributed by atoms with van der Waals surface area (Å²) in [6.45, 7) is 0.139. The van der Waals surface area contributed by atoms with Gasteiger partial charge in [0.15, 0.2) is 11.5 Å². The van der Waals surface area contributed by atoms with Crippen molar-refractivity contribution in [1.29, 1.82) is 0 Å². The van der Waals surface area contributed by atoms with Gasteiger partial charge in [0.1, 0.15) is 18.2 Å². The van der Waals surface area contributed by atoms with Crippen molar-refractivity contribution >= 4 is 15.9 Å². The first-order valence-corrected chi connectivity index (χ1v) is 7.07. The lowest BCUT2D eigenvalue weighted by molar-refractivity contribution is 0.173. The highest BCUT2D eigenvalue weighted by Crippen LogP contribution is 2.38. The third-order valence-corrected chi connectivity index (χ3v) is 4.03. The molecule has 0 atom stereocenters. The molecular weight excluding hydrogens is 343 g/mol. The molecule has 2 aromatic carbocycles. The Kier molecular flexibility index (Phi) is 3.98. The van der Waals surface area contributed by atoms with Crippen molar-refractivity contribution in [3.63, 3.8) is 0 Å². The Morgan fingerprint density at radius 1 is 1.19 bits per heavy atom. The zero-order chi connectivity index (χ0) is 14.8. The van der Waals surface area contributed by atoms with Crippen LogP contribution in [-0.4, -0.2) is 11.9 Å². The normalized spacial score (nSPS) is 12.5. The van der Waals surface area contributed by atoms with Crippen molar-refractivity contribution < 1.29 is 23.7 Å². The van der Waals surface area contributed by atoms with Crippen LogP contribution >= 0.6 is 15.9 Å². The first-order chi connectivity index (χ1) is 10.2. The molecular formula is C15H12BrFO4. The van der Waals surface area contributed by atoms with Crippen molar-refractivity contribution in [1.82, 2.24) is 0 Å². The number of fused-ring (bicyclic) bond motifs is 1. The average Bonchev–Trinajstić information content (AvgIpc) is 2.95. The highest BCUT2D eigenvalue weighted by Gasteiger charge is 2.18. The summed E-state index contributed by atoms with van der Waals surface area (Å²) in [5, 5.41) is 9.40. The Morgan fingerprint density at radius 2 is 1.95 bits per heavy atom. The minimum Gasteiger partial charge on any atom is -0.488 e. The maximum absolute atomic E-state index is 13.5. The molecule has 1 aliphatic heterocycles. The SMILES string of the molecule is OCc1cc2c(cc1OCc1cccc(F)c1Br)OCO2. The molecule has 0 aromatic heterocycles. The van der Waals surface area contributed by atoms with Crippen LogP contribution in [0.4, 0.5) is 4.39 Å². The van der Waals surface area contributed by atoms with Gasteiger partial charge in [-0.2, -0.15) is 0 Å². The molecule has 1 N–H and O–H groups in total. The number of hydrogen-bond donors (Lipinski definition) is 1. The maximum Gasteiger partial charge on any atom is 0.231 e. The summed E-state index contributed by atoms with van der Waals surface area (Å²) in [5.41, 5.74) is 1.27. The molecule has 110 valence electrons. The van der Waals surface area contributed by atoms with Crippen LogP contribution < -0.4 is 14.2 Å². The lowest BCUT2D eigenvalue weighted by Gasteiger charge is -2.12. The first-order valence-electron chi connectivity index (χ1n) is 6.28. The summed E-state index contributed by atoms with van der Waals surface area (Å²) in [7, 11) is 0. The zero-order valence-electron chi connectivity index (χ0n) is 10.9. The highest BCUT2D eigenvalue weighted by molar-refractivity contribution is 9.10. The van der Waals surface area contributed by atoms with E-state index >= 15 is 0 Å². The van der Waals surface area contributed by atoms with Crippen LogP contribution in [0.15, 0.2) is 34.8 Å². The number of aliphatic hydroxyl groups excluding tert-OH is 1. The third kappa shape index (κ3) is 2.82. The van der Waals surface area contributed by atoms with Crippen LogP contribution in [0, 0.1) is 5.82 Å². The fraction of sp³-hybridized carbons (Fsp3) is 0.200. The summed E-state index contributed by atoms with van der Waals surface area (Å²) >= 11 is 3.19. The van der Waals surface area contributed by atoms with E-state index in [2.05, 4.69) is 15.9 Å². The monoisotopic (exact) mass is 354 g/mol. The van der Waals surface area contributed by atoms with E-state index in [0.717, 1.165) is 0 Å². The van der Waals surface area contributed by atoms with E-state index in [1.807, 2.05) is 0 Å². The number of ether oxygens (including phenoxy) is 3. The van der Waals surface area contributed by atoms with E-state index in [1.165, 1.54) is 6.07 Å². The number of halogens is 2. The molecule has 0 amide bonds. The van der Waals surface area contributed by atoms with Crippen LogP contribution in [0.2, 0.25) is 0 Å². The quantitative estimate of drug-likeness (QED) is 0.914. The molecule has 0 fully saturated rings. The zero-order valence-corrected chi connectivity index (χ0v) is 12.5. The van der Waals surface area contributed by atoms with Gasteiger partial charge in [-0.05, 0) is 28.1 Å². The van der Waals surface area contributed by atoms with Gasteiger partial charge in [0.25, 0.3) is 0 Å². The molecule has 0 saturated heterocycles. The molecule has 0 spiro atoms. The third-order valence-electron chi connectivity index (χ3n) is 3.14. The van der Waals surface area contributed by atoms with Crippen molar-refractivity contribution in [3.8, 4) is 17.2 Å². The molecule has 0 bridgehead atoms. The first kappa shape index (κ1) is 14.2. The molecule has 1 aliphatic rings. The maximum atomic E-state index is 13.5. The van der Waals surface area contributed by atoms with Gasteiger partial charge < -0.3 is 19.3 Å². The van der Waals surface area contributed by atoms with Crippen LogP contribution in [0.5, 0.6) is 17.2 Å². The van der Waals surface area contributed by atoms with E-state index in [-0.39, 0.29) is 25.8 Å². The van der Waals surface area contributed by atoms with Crippen molar-refractivity contribution in [2.45, 2.75) is 13.2 Å². The van der Waals surface area contributed by atoms with Gasteiger partial charge in [0.05, 0.1) is 11.1 Å². The predicted octanol–water partition coefficient (Wildman–Crippen LogP) is 3.39. The summed E-state index contributed by atoms with van der Waals surface area (Å²) in [6, 6.07) is 8.09. The van der Waals surface area contributed by atoms with E-state index in [9.17, 15) is 9.50 Å². The predicted molar refractivity (Wildman–Crippen MR) is 76.9 cm³/mol. The molecule has 6 heteroatoms. The smallest absolute Gasteiger partial charge is 0.231 e. The summed E-state index contributed by atoms with van der Waals surface area (Å²) < 4.78 is 30.0. The van der Waals surface area contributed by atoms with Crippen molar-refractivity contribution in [2.75, 3.05) is 6.79 Å². The Balaban J connectivity index is 1.83. The molecule has 3 rings (SSSR count). The van der Waals surface area contributed by atoms with Crippen molar-refractivity contribution in [3.05, 3.63) is 51.7 Å². The molecule has 4 nitrogen and oxygen atoms in total. The highest BCUT2D eigenvalue weighted by atomic mass is 79.9. The molecule has 21 heavy (non-hydrogen) atoms. The van der Waals surface area contributed by atoms with E-state index in [1.54, 1.807) is 24.3 Å². The van der Waals surface area contributed by atoms with Crippen LogP contribution in [0.3, 0.4) is 0 Å². The Morgan fingerprint density at radius 3 is 2.71 bits per heavy atom. The van der Waals surface area contributed by atoms with Gasteiger partial charge in [-0.3, -0.25) is 0 Å². The second-order valence-electron chi connectivity index (χ2n) is 4.47. The number of hydrogen-bond acceptors (Lipinski definition) is 4. The molecule has 0 saturated carbocycles. The number of benzene rings is 2. The average molecular weight is 355 g/mol. The van der Waals surface area contributed by atoms with Crippen molar-refractivity contribution in [2.24, 2.45) is 0 Å². The van der Waals surface area contributed by atoms with E-state index in [0.29, 0.717) is 32.8 Å². The second kappa shape index (κ2) is 5.91. The number of aliphatic hydroxyl groups is 1. The minimum atomic E-state index is -0.343. The topological polar surface area (TPSA) is 47.9 Å². The fourth-order valence-corrected chi connectivity index (χ4v) is 2.42. The minimum absolute atomic E-state index is 0.152. The van der Waals surface area contributed by atoms with Gasteiger partial charge in [0, 0.05) is 17.2 Å². The fourth-order valence-electron chi connectivity index (χ4n) is 2.04. The van der Waals surface area contributed by atoms with E-state index < -0.39 is 0 Å². The van der Waals surface area contributed by atoms with Gasteiger partial charge in [-0.25, -0.2) is 4.39 Å². The standard InChI is InChI=1S/C15H12BrFO4/c16-15-9(2-1-3-11(15)17)7-19-12-5-14-13(20-8-21-14)4-10(12)6-18/h1-5,18H,6-8H2. The van der Waals surface area contributed by atoms with Gasteiger partial charge in [-0.15, -0.1) is 0 Å². The molecule has 1 heterocycles. The lowest BCUT2D eigenvalue weighted by Crippen LogP contribution is -2.00. The van der Waals surface area contributed by atoms with Gasteiger partial charge in [0.2, 0.25) is 6.79 Å². The van der Waals surface area contributed by atoms with E-state index in [4.69, 9.17) is 14.2 Å². The molecule has 0 aliphatic carbocycles. The molecule has 0 radical (unpaired) electrons. The summed E-state index contributed by atoms with van der Waals surface area (Å²) in [6.07, 6.45) is 0. The molecule has 0 unspecified atom stereocenters. The summed E-state index contributed by atoms with van der Waals surface area (Å²) in [4.78, 5) is 0. The Bertz CT molecular complexity index is 675. The Labute approximate surface area is 129 Å². The largest absolute Gasteiger partial charge is 0.488 e. The van der Waals surface area contributed by atoms with Crippen LogP contribution in [0.1, 0.15) is 11.1 Å². The lowest BCUT2D eigenvalue weighted by atomic mass is 10.2. The van der Waals surface area contributed by atoms with Gasteiger partial charge in [-0.1, -0.05) is 12.1 Å². The second-order valence-corrected chi connectivity index (χ2v) is 5.27. The Hall–Kier alpha value is -1.79. The van der Waals surface area contributed by atoms with Gasteiger partial charge >= 0.3 is 0 Å². The number of rotatable bonds is 4. The van der Waals surface area contributed by atoms with Crippen LogP contribution in [0.25, 0.3) is 0 Å². The summed E-state index contributed by atoms with van der Waals surface area (Å²) in [5.74, 6) is 1.29.